The molecule has 1 heterocycles. The van der Waals surface area contributed by atoms with E-state index >= 15 is 0 Å². The maximum absolute atomic E-state index is 12.5. The summed E-state index contributed by atoms with van der Waals surface area (Å²) in [7, 11) is 0. The summed E-state index contributed by atoms with van der Waals surface area (Å²) in [5, 5.41) is 7.68. The summed E-state index contributed by atoms with van der Waals surface area (Å²) in [4.78, 5) is 13.4. The monoisotopic (exact) mass is 289 g/mol. The van der Waals surface area contributed by atoms with Crippen molar-refractivity contribution in [3.63, 3.8) is 0 Å². The second-order valence-electron chi connectivity index (χ2n) is 3.23. The number of carboxylic acid groups (broad SMARTS) is 1. The smallest absolute Gasteiger partial charge is 0.433 e. The summed E-state index contributed by atoms with van der Waals surface area (Å²) in [6.45, 7) is 0. The lowest BCUT2D eigenvalue weighted by molar-refractivity contribution is -0.142. The molecule has 0 saturated carbocycles. The van der Waals surface area contributed by atoms with Gasteiger partial charge in [0.05, 0.1) is 17.1 Å². The molecule has 1 aromatic heterocycles. The van der Waals surface area contributed by atoms with Gasteiger partial charge in [-0.05, 0) is 6.07 Å². The first-order valence-corrected chi connectivity index (χ1v) is 4.77. The molecule has 0 unspecified atom stereocenters. The number of pyridine rings is 1. The summed E-state index contributed by atoms with van der Waals surface area (Å²) in [6.07, 6.45) is -9.18. The van der Waals surface area contributed by atoms with Gasteiger partial charge in [0.15, 0.2) is 0 Å². The number of alkyl halides is 5. The Kier molecular flexibility index (Phi) is 4.10. The molecule has 18 heavy (non-hydrogen) atoms. The Morgan fingerprint density at radius 2 is 2.00 bits per heavy atom. The number of aliphatic carboxylic acids is 1. The average molecular weight is 290 g/mol. The predicted molar refractivity (Wildman–Crippen MR) is 50.5 cm³/mol. The van der Waals surface area contributed by atoms with Crippen LogP contribution in [0.5, 0.6) is 0 Å². The zero-order valence-corrected chi connectivity index (χ0v) is 9.19. The van der Waals surface area contributed by atoms with Gasteiger partial charge in [0.1, 0.15) is 5.69 Å². The molecule has 1 rings (SSSR count). The zero-order chi connectivity index (χ0) is 14.1. The molecule has 0 spiro atoms. The number of halogens is 6. The van der Waals surface area contributed by atoms with Crippen molar-refractivity contribution in [3.05, 3.63) is 28.0 Å². The molecule has 0 fully saturated rings. The summed E-state index contributed by atoms with van der Waals surface area (Å²) < 4.78 is 62.1. The van der Waals surface area contributed by atoms with Gasteiger partial charge in [-0.3, -0.25) is 4.79 Å². The van der Waals surface area contributed by atoms with Gasteiger partial charge in [0.2, 0.25) is 0 Å². The Bertz CT molecular complexity index is 475. The second-order valence-corrected chi connectivity index (χ2v) is 3.60. The van der Waals surface area contributed by atoms with Crippen LogP contribution in [0.3, 0.4) is 0 Å². The molecule has 0 aliphatic heterocycles. The van der Waals surface area contributed by atoms with Crippen molar-refractivity contribution in [1.82, 2.24) is 4.98 Å². The van der Waals surface area contributed by atoms with Gasteiger partial charge in [-0.15, -0.1) is 0 Å². The van der Waals surface area contributed by atoms with Gasteiger partial charge in [-0.25, -0.2) is 13.8 Å². The number of carboxylic acids is 1. The highest BCUT2D eigenvalue weighted by atomic mass is 35.5. The highest BCUT2D eigenvalue weighted by molar-refractivity contribution is 6.32. The predicted octanol–water partition coefficient (Wildman–Crippen LogP) is 3.32. The Morgan fingerprint density at radius 1 is 1.44 bits per heavy atom. The van der Waals surface area contributed by atoms with E-state index in [9.17, 15) is 26.7 Å². The molecular formula is C9H5ClF5NO2. The molecule has 3 nitrogen and oxygen atoms in total. The van der Waals surface area contributed by atoms with Crippen LogP contribution in [0, 0.1) is 0 Å². The van der Waals surface area contributed by atoms with Crippen LogP contribution in [0.1, 0.15) is 23.4 Å². The van der Waals surface area contributed by atoms with Crippen molar-refractivity contribution in [1.29, 1.82) is 0 Å². The molecule has 100 valence electrons. The fraction of sp³-hybridized carbons (Fsp3) is 0.333. The molecule has 1 aromatic rings. The van der Waals surface area contributed by atoms with Gasteiger partial charge < -0.3 is 5.11 Å². The van der Waals surface area contributed by atoms with E-state index < -0.39 is 47.0 Å². The second kappa shape index (κ2) is 5.05. The van der Waals surface area contributed by atoms with Crippen molar-refractivity contribution in [2.45, 2.75) is 19.0 Å². The third kappa shape index (κ3) is 3.28. The lowest BCUT2D eigenvalue weighted by Gasteiger charge is -2.12. The number of hydrogen-bond acceptors (Lipinski definition) is 2. The summed E-state index contributed by atoms with van der Waals surface area (Å²) >= 11 is 5.40. The molecule has 0 atom stereocenters. The van der Waals surface area contributed by atoms with Crippen molar-refractivity contribution >= 4 is 17.6 Å². The van der Waals surface area contributed by atoms with E-state index in [2.05, 4.69) is 4.98 Å². The number of carbonyl (C=O) groups is 1. The topological polar surface area (TPSA) is 50.2 Å². The molecule has 9 heteroatoms. The lowest BCUT2D eigenvalue weighted by Crippen LogP contribution is -2.13. The molecular weight excluding hydrogens is 285 g/mol. The van der Waals surface area contributed by atoms with E-state index in [0.29, 0.717) is 0 Å². The number of nitrogens with zero attached hydrogens (tertiary/aromatic N) is 1. The van der Waals surface area contributed by atoms with Gasteiger partial charge in [-0.2, -0.15) is 13.2 Å². The molecule has 0 aliphatic carbocycles. The van der Waals surface area contributed by atoms with Gasteiger partial charge in [0.25, 0.3) is 6.43 Å². The van der Waals surface area contributed by atoms with Crippen LogP contribution in [0.2, 0.25) is 5.02 Å². The minimum absolute atomic E-state index is 0.109. The molecule has 1 N–H and O–H groups in total. The number of rotatable bonds is 3. The van der Waals surface area contributed by atoms with Crippen molar-refractivity contribution < 1.29 is 31.9 Å². The summed E-state index contributed by atoms with van der Waals surface area (Å²) in [5.74, 6) is -1.52. The largest absolute Gasteiger partial charge is 0.481 e. The minimum Gasteiger partial charge on any atom is -0.481 e. The van der Waals surface area contributed by atoms with Gasteiger partial charge >= 0.3 is 12.1 Å². The Morgan fingerprint density at radius 3 is 2.39 bits per heavy atom. The van der Waals surface area contributed by atoms with Crippen LogP contribution >= 0.6 is 11.6 Å². The first-order chi connectivity index (χ1) is 8.12. The third-order valence-corrected chi connectivity index (χ3v) is 2.34. The molecule has 0 radical (unpaired) electrons. The van der Waals surface area contributed by atoms with Gasteiger partial charge in [0, 0.05) is 5.56 Å². The van der Waals surface area contributed by atoms with E-state index in [0.717, 1.165) is 0 Å². The minimum atomic E-state index is -4.96. The number of aromatic nitrogens is 1. The highest BCUT2D eigenvalue weighted by Crippen LogP contribution is 2.35. The van der Waals surface area contributed by atoms with Crippen molar-refractivity contribution in [2.24, 2.45) is 0 Å². The fourth-order valence-corrected chi connectivity index (χ4v) is 1.41. The highest BCUT2D eigenvalue weighted by Gasteiger charge is 2.35. The SMILES string of the molecule is O=C(O)Cc1nc(C(F)(F)F)cc(C(F)F)c1Cl. The summed E-state index contributed by atoms with van der Waals surface area (Å²) in [5.41, 5.74) is -3.43. The first-order valence-electron chi connectivity index (χ1n) is 4.39. The van der Waals surface area contributed by atoms with Crippen LogP contribution in [0.4, 0.5) is 22.0 Å². The fourth-order valence-electron chi connectivity index (χ4n) is 1.17. The average Bonchev–Trinajstić information content (AvgIpc) is 2.18. The van der Waals surface area contributed by atoms with Crippen molar-refractivity contribution in [2.75, 3.05) is 0 Å². The molecule has 0 aromatic carbocycles. The van der Waals surface area contributed by atoms with E-state index in [1.54, 1.807) is 0 Å². The normalized spacial score (nSPS) is 11.9. The van der Waals surface area contributed by atoms with E-state index in [1.165, 1.54) is 0 Å². The maximum Gasteiger partial charge on any atom is 0.433 e. The van der Waals surface area contributed by atoms with E-state index in [4.69, 9.17) is 16.7 Å². The Labute approximate surface area is 102 Å². The first kappa shape index (κ1) is 14.6. The Hall–Kier alpha value is -1.44. The molecule has 0 aliphatic rings. The van der Waals surface area contributed by atoms with Crippen LogP contribution in [0.15, 0.2) is 6.07 Å². The Balaban J connectivity index is 3.41. The van der Waals surface area contributed by atoms with Crippen LogP contribution in [0.25, 0.3) is 0 Å². The summed E-state index contributed by atoms with van der Waals surface area (Å²) in [6, 6.07) is 0.109. The van der Waals surface area contributed by atoms with Crippen LogP contribution < -0.4 is 0 Å². The van der Waals surface area contributed by atoms with Gasteiger partial charge in [-0.1, -0.05) is 11.6 Å². The van der Waals surface area contributed by atoms with Crippen molar-refractivity contribution in [3.8, 4) is 0 Å². The maximum atomic E-state index is 12.5. The van der Waals surface area contributed by atoms with E-state index in [-0.39, 0.29) is 6.07 Å². The molecule has 0 bridgehead atoms. The van der Waals surface area contributed by atoms with Crippen LogP contribution in [-0.2, 0) is 17.4 Å². The van der Waals surface area contributed by atoms with E-state index in [1.807, 2.05) is 0 Å². The van der Waals surface area contributed by atoms with Crippen LogP contribution in [-0.4, -0.2) is 16.1 Å². The lowest BCUT2D eigenvalue weighted by atomic mass is 10.1. The molecule has 0 amide bonds. The molecule has 0 saturated heterocycles. The zero-order valence-electron chi connectivity index (χ0n) is 8.43. The quantitative estimate of drug-likeness (QED) is 0.869. The standard InChI is InChI=1S/C9H5ClF5NO2/c10-7-3(8(11)12)1-5(9(13,14)15)16-4(7)2-6(17)18/h1,8H,2H2,(H,17,18). The third-order valence-electron chi connectivity index (χ3n) is 1.90. The number of hydrogen-bond donors (Lipinski definition) is 1.